The van der Waals surface area contributed by atoms with Crippen LogP contribution in [0.5, 0.6) is 0 Å². The highest BCUT2D eigenvalue weighted by Crippen LogP contribution is 2.26. The molecule has 0 saturated heterocycles. The summed E-state index contributed by atoms with van der Waals surface area (Å²) in [5.74, 6) is -0.978. The maximum absolute atomic E-state index is 13.5. The van der Waals surface area contributed by atoms with E-state index in [2.05, 4.69) is 22.5 Å². The molecule has 0 fully saturated rings. The molecule has 1 aromatic carbocycles. The number of nitriles is 1. The Morgan fingerprint density at radius 3 is 2.60 bits per heavy atom. The molecule has 0 amide bonds. The minimum Gasteiger partial charge on any atom is -0.219 e. The molecule has 0 saturated carbocycles. The first-order valence-corrected chi connectivity index (χ1v) is 6.03. The van der Waals surface area contributed by atoms with Crippen LogP contribution >= 0.6 is 15.9 Å². The van der Waals surface area contributed by atoms with Crippen molar-refractivity contribution in [3.8, 4) is 6.07 Å². The van der Waals surface area contributed by atoms with Crippen LogP contribution in [0.1, 0.15) is 5.56 Å². The Labute approximate surface area is 94.9 Å². The van der Waals surface area contributed by atoms with Gasteiger partial charge in [-0.2, -0.15) is 5.26 Å². The summed E-state index contributed by atoms with van der Waals surface area (Å²) in [5, 5.41) is 9.23. The predicted molar refractivity (Wildman–Crippen MR) is 56.2 cm³/mol. The van der Waals surface area contributed by atoms with E-state index < -0.39 is 20.5 Å². The van der Waals surface area contributed by atoms with E-state index >= 15 is 0 Å². The van der Waals surface area contributed by atoms with Crippen LogP contribution < -0.4 is 0 Å². The smallest absolute Gasteiger partial charge is 0.202 e. The van der Waals surface area contributed by atoms with Gasteiger partial charge in [0.25, 0.3) is 0 Å². The fourth-order valence-corrected chi connectivity index (χ4v) is 2.28. The van der Waals surface area contributed by atoms with Crippen LogP contribution in [0.4, 0.5) is 4.39 Å². The van der Waals surface area contributed by atoms with Crippen molar-refractivity contribution in [2.75, 3.05) is 0 Å². The van der Waals surface area contributed by atoms with E-state index in [9.17, 15) is 12.8 Å². The lowest BCUT2D eigenvalue weighted by atomic mass is 10.2. The molecule has 0 aliphatic heterocycles. The molecule has 0 aliphatic carbocycles. The third-order valence-electron chi connectivity index (χ3n) is 1.69. The van der Waals surface area contributed by atoms with Crippen molar-refractivity contribution in [2.24, 2.45) is 0 Å². The van der Waals surface area contributed by atoms with Crippen molar-refractivity contribution in [3.63, 3.8) is 0 Å². The minimum atomic E-state index is -3.83. The zero-order valence-electron chi connectivity index (χ0n) is 7.37. The summed E-state index contributed by atoms with van der Waals surface area (Å²) in [6.45, 7) is 3.09. The summed E-state index contributed by atoms with van der Waals surface area (Å²) >= 11 is 2.82. The van der Waals surface area contributed by atoms with Gasteiger partial charge in [-0.15, -0.1) is 0 Å². The monoisotopic (exact) mass is 289 g/mol. The highest BCUT2D eigenvalue weighted by atomic mass is 79.9. The molecule has 0 heterocycles. The summed E-state index contributed by atoms with van der Waals surface area (Å²) in [7, 11) is -3.83. The number of hydrogen-bond donors (Lipinski definition) is 0. The van der Waals surface area contributed by atoms with Crippen LogP contribution in [0.3, 0.4) is 0 Å². The zero-order valence-corrected chi connectivity index (χ0v) is 9.77. The summed E-state index contributed by atoms with van der Waals surface area (Å²) in [6, 6.07) is 3.99. The Bertz CT molecular complexity index is 560. The van der Waals surface area contributed by atoms with Gasteiger partial charge in [-0.1, -0.05) is 6.58 Å². The van der Waals surface area contributed by atoms with Crippen molar-refractivity contribution in [2.45, 2.75) is 4.90 Å². The lowest BCUT2D eigenvalue weighted by Gasteiger charge is -2.03. The molecule has 0 aromatic heterocycles. The van der Waals surface area contributed by atoms with Crippen molar-refractivity contribution >= 4 is 25.8 Å². The number of nitrogens with zero attached hydrogens (tertiary/aromatic N) is 1. The SMILES string of the molecule is C=CS(=O)(=O)c1ccc(C#N)c(Br)c1F. The van der Waals surface area contributed by atoms with Gasteiger partial charge in [0.05, 0.1) is 10.0 Å². The quantitative estimate of drug-likeness (QED) is 0.840. The third kappa shape index (κ3) is 2.08. The molecule has 0 N–H and O–H groups in total. The molecule has 0 atom stereocenters. The van der Waals surface area contributed by atoms with Gasteiger partial charge in [0.15, 0.2) is 5.82 Å². The lowest BCUT2D eigenvalue weighted by Crippen LogP contribution is -2.01. The zero-order chi connectivity index (χ0) is 11.6. The molecular weight excluding hydrogens is 285 g/mol. The highest BCUT2D eigenvalue weighted by Gasteiger charge is 2.19. The number of sulfone groups is 1. The molecule has 1 aromatic rings. The Morgan fingerprint density at radius 2 is 2.13 bits per heavy atom. The van der Waals surface area contributed by atoms with Gasteiger partial charge < -0.3 is 0 Å². The van der Waals surface area contributed by atoms with Crippen molar-refractivity contribution in [1.82, 2.24) is 0 Å². The summed E-state index contributed by atoms with van der Waals surface area (Å²) < 4.78 is 36.0. The van der Waals surface area contributed by atoms with E-state index in [0.29, 0.717) is 5.41 Å². The molecule has 6 heteroatoms. The van der Waals surface area contributed by atoms with E-state index in [0.717, 1.165) is 6.07 Å². The van der Waals surface area contributed by atoms with Gasteiger partial charge in [-0.05, 0) is 28.1 Å². The van der Waals surface area contributed by atoms with Gasteiger partial charge >= 0.3 is 0 Å². The number of benzene rings is 1. The van der Waals surface area contributed by atoms with Crippen LogP contribution in [0.2, 0.25) is 0 Å². The topological polar surface area (TPSA) is 57.9 Å². The van der Waals surface area contributed by atoms with Gasteiger partial charge in [0.1, 0.15) is 11.0 Å². The second kappa shape index (κ2) is 4.13. The first-order valence-electron chi connectivity index (χ1n) is 3.69. The minimum absolute atomic E-state index is 0.0375. The largest absolute Gasteiger partial charge is 0.219 e. The van der Waals surface area contributed by atoms with E-state index in [1.165, 1.54) is 6.07 Å². The first-order chi connectivity index (χ1) is 6.94. The molecule has 3 nitrogen and oxygen atoms in total. The molecule has 0 spiro atoms. The van der Waals surface area contributed by atoms with Gasteiger partial charge in [0, 0.05) is 5.41 Å². The molecule has 0 aliphatic rings. The average molecular weight is 290 g/mol. The van der Waals surface area contributed by atoms with E-state index in [1.807, 2.05) is 0 Å². The van der Waals surface area contributed by atoms with Gasteiger partial charge in [-0.3, -0.25) is 0 Å². The summed E-state index contributed by atoms with van der Waals surface area (Å²) in [5.41, 5.74) is 0.0375. The second-order valence-electron chi connectivity index (χ2n) is 2.56. The summed E-state index contributed by atoms with van der Waals surface area (Å²) in [4.78, 5) is -0.497. The van der Waals surface area contributed by atoms with Crippen LogP contribution in [0, 0.1) is 17.1 Å². The van der Waals surface area contributed by atoms with E-state index in [4.69, 9.17) is 5.26 Å². The van der Waals surface area contributed by atoms with Crippen LogP contribution in [-0.2, 0) is 9.84 Å². The van der Waals surface area contributed by atoms with Crippen molar-refractivity contribution in [1.29, 1.82) is 5.26 Å². The molecule has 0 radical (unpaired) electrons. The normalized spacial score (nSPS) is 10.7. The third-order valence-corrected chi connectivity index (χ3v) is 3.84. The number of halogens is 2. The molecule has 1 rings (SSSR count). The van der Waals surface area contributed by atoms with E-state index in [1.54, 1.807) is 6.07 Å². The first kappa shape index (κ1) is 11.9. The molecule has 15 heavy (non-hydrogen) atoms. The number of rotatable bonds is 2. The van der Waals surface area contributed by atoms with Crippen LogP contribution in [0.25, 0.3) is 0 Å². The summed E-state index contributed by atoms with van der Waals surface area (Å²) in [6.07, 6.45) is 0. The molecule has 0 unspecified atom stereocenters. The fraction of sp³-hybridized carbons (Fsp3) is 0. The Kier molecular flexibility index (Phi) is 3.27. The van der Waals surface area contributed by atoms with E-state index in [-0.39, 0.29) is 10.0 Å². The Hall–Kier alpha value is -1.19. The fourth-order valence-electron chi connectivity index (χ4n) is 0.928. The standard InChI is InChI=1S/C9H5BrFNO2S/c1-2-15(13,14)7-4-3-6(5-12)8(10)9(7)11/h2-4H,1H2. The lowest BCUT2D eigenvalue weighted by molar-refractivity contribution is 0.568. The van der Waals surface area contributed by atoms with Crippen LogP contribution in [0.15, 0.2) is 33.5 Å². The molecule has 78 valence electrons. The second-order valence-corrected chi connectivity index (χ2v) is 5.22. The van der Waals surface area contributed by atoms with Crippen molar-refractivity contribution in [3.05, 3.63) is 40.0 Å². The molecule has 0 bridgehead atoms. The predicted octanol–water partition coefficient (Wildman–Crippen LogP) is 2.38. The van der Waals surface area contributed by atoms with Crippen LogP contribution in [-0.4, -0.2) is 8.42 Å². The molecular formula is C9H5BrFNO2S. The van der Waals surface area contributed by atoms with Gasteiger partial charge in [0.2, 0.25) is 9.84 Å². The van der Waals surface area contributed by atoms with Gasteiger partial charge in [-0.25, -0.2) is 12.8 Å². The maximum atomic E-state index is 13.5. The maximum Gasteiger partial charge on any atom is 0.202 e. The average Bonchev–Trinajstić information content (AvgIpc) is 2.21. The highest BCUT2D eigenvalue weighted by molar-refractivity contribution is 9.10. The Morgan fingerprint density at radius 1 is 1.53 bits per heavy atom. The Balaban J connectivity index is 3.59. The number of hydrogen-bond acceptors (Lipinski definition) is 3. The van der Waals surface area contributed by atoms with Crippen molar-refractivity contribution < 1.29 is 12.8 Å².